The summed E-state index contributed by atoms with van der Waals surface area (Å²) < 4.78 is 0.974. The monoisotopic (exact) mass is 415 g/mol. The number of nitrogens with one attached hydrogen (secondary N) is 1. The number of carbonyl (C=O) groups excluding carboxylic acids is 3. The average molecular weight is 416 g/mol. The molecule has 2 aromatic carbocycles. The van der Waals surface area contributed by atoms with Crippen LogP contribution in [0.3, 0.4) is 0 Å². The molecule has 0 unspecified atom stereocenters. The van der Waals surface area contributed by atoms with Crippen LogP contribution in [0.15, 0.2) is 46.9 Å². The molecule has 0 radical (unpaired) electrons. The highest BCUT2D eigenvalue weighted by Gasteiger charge is 2.35. The maximum atomic E-state index is 12.5. The van der Waals surface area contributed by atoms with E-state index in [4.69, 9.17) is 5.73 Å². The molecule has 1 atom stereocenters. The van der Waals surface area contributed by atoms with Crippen LogP contribution in [0.2, 0.25) is 0 Å². The van der Waals surface area contributed by atoms with Crippen LogP contribution in [0.4, 0.5) is 11.4 Å². The van der Waals surface area contributed by atoms with Gasteiger partial charge in [-0.15, -0.1) is 0 Å². The molecule has 134 valence electrons. The van der Waals surface area contributed by atoms with E-state index in [0.717, 1.165) is 15.7 Å². The molecule has 0 bridgehead atoms. The Labute approximate surface area is 159 Å². The van der Waals surface area contributed by atoms with E-state index in [9.17, 15) is 14.4 Å². The molecular weight excluding hydrogens is 398 g/mol. The minimum absolute atomic E-state index is 0.0732. The van der Waals surface area contributed by atoms with Crippen molar-refractivity contribution < 1.29 is 14.4 Å². The number of nitrogens with two attached hydrogens (primary N) is 1. The van der Waals surface area contributed by atoms with Crippen molar-refractivity contribution in [3.63, 3.8) is 0 Å². The van der Waals surface area contributed by atoms with Crippen LogP contribution in [-0.2, 0) is 9.59 Å². The molecule has 3 amide bonds. The van der Waals surface area contributed by atoms with Crippen molar-refractivity contribution in [1.82, 2.24) is 0 Å². The highest BCUT2D eigenvalue weighted by Crippen LogP contribution is 2.29. The topological polar surface area (TPSA) is 92.5 Å². The Morgan fingerprint density at radius 1 is 1.19 bits per heavy atom. The smallest absolute Gasteiger partial charge is 0.248 e. The fraction of sp³-hybridized carbons (Fsp3) is 0.211. The second-order valence-corrected chi connectivity index (χ2v) is 7.12. The summed E-state index contributed by atoms with van der Waals surface area (Å²) in [6, 6.07) is 12.0. The van der Waals surface area contributed by atoms with E-state index in [2.05, 4.69) is 21.2 Å². The first kappa shape index (κ1) is 18.1. The zero-order valence-corrected chi connectivity index (χ0v) is 15.7. The summed E-state index contributed by atoms with van der Waals surface area (Å²) in [4.78, 5) is 37.6. The fourth-order valence-electron chi connectivity index (χ4n) is 2.89. The Hall–Kier alpha value is -2.67. The summed E-state index contributed by atoms with van der Waals surface area (Å²) >= 11 is 3.44. The minimum Gasteiger partial charge on any atom is -0.366 e. The molecule has 0 saturated carbocycles. The first-order chi connectivity index (χ1) is 12.3. The van der Waals surface area contributed by atoms with Crippen LogP contribution in [0.5, 0.6) is 0 Å². The molecule has 1 saturated heterocycles. The summed E-state index contributed by atoms with van der Waals surface area (Å²) in [6.45, 7) is 2.29. The Balaban J connectivity index is 1.68. The second-order valence-electron chi connectivity index (χ2n) is 6.27. The second kappa shape index (κ2) is 7.29. The van der Waals surface area contributed by atoms with Gasteiger partial charge in [-0.1, -0.05) is 15.9 Å². The van der Waals surface area contributed by atoms with Gasteiger partial charge < -0.3 is 16.0 Å². The molecule has 6 nitrogen and oxygen atoms in total. The van der Waals surface area contributed by atoms with Gasteiger partial charge in [-0.3, -0.25) is 14.4 Å². The highest BCUT2D eigenvalue weighted by molar-refractivity contribution is 9.10. The van der Waals surface area contributed by atoms with Crippen molar-refractivity contribution in [2.45, 2.75) is 13.3 Å². The Morgan fingerprint density at radius 2 is 1.88 bits per heavy atom. The first-order valence-corrected chi connectivity index (χ1v) is 8.91. The van der Waals surface area contributed by atoms with Crippen LogP contribution in [0.1, 0.15) is 22.3 Å². The Kier molecular flexibility index (Phi) is 5.08. The van der Waals surface area contributed by atoms with Gasteiger partial charge in [0.1, 0.15) is 0 Å². The van der Waals surface area contributed by atoms with Gasteiger partial charge in [-0.2, -0.15) is 0 Å². The number of benzene rings is 2. The van der Waals surface area contributed by atoms with Crippen molar-refractivity contribution in [2.75, 3.05) is 16.8 Å². The van der Waals surface area contributed by atoms with E-state index in [1.807, 2.05) is 25.1 Å². The normalized spacial score (nSPS) is 16.6. The Bertz CT molecular complexity index is 880. The van der Waals surface area contributed by atoms with E-state index in [1.54, 1.807) is 29.2 Å². The number of amides is 3. The Morgan fingerprint density at radius 3 is 2.50 bits per heavy atom. The maximum Gasteiger partial charge on any atom is 0.248 e. The summed E-state index contributed by atoms with van der Waals surface area (Å²) in [5.74, 6) is -1.25. The third-order valence-corrected chi connectivity index (χ3v) is 5.28. The number of halogens is 1. The lowest BCUT2D eigenvalue weighted by Gasteiger charge is -2.17. The highest BCUT2D eigenvalue weighted by atomic mass is 79.9. The van der Waals surface area contributed by atoms with Gasteiger partial charge in [0.05, 0.1) is 5.92 Å². The SMILES string of the molecule is Cc1cc(N2C[C@@H](C(=O)Nc3ccc(C(N)=O)cc3)CC2=O)ccc1Br. The molecule has 2 aromatic rings. The number of primary amides is 1. The zero-order chi connectivity index (χ0) is 18.8. The molecule has 1 fully saturated rings. The van der Waals surface area contributed by atoms with E-state index < -0.39 is 11.8 Å². The largest absolute Gasteiger partial charge is 0.366 e. The van der Waals surface area contributed by atoms with Gasteiger partial charge >= 0.3 is 0 Å². The molecule has 3 rings (SSSR count). The van der Waals surface area contributed by atoms with Gasteiger partial charge in [-0.25, -0.2) is 0 Å². The van der Waals surface area contributed by atoms with Crippen LogP contribution >= 0.6 is 15.9 Å². The summed E-state index contributed by atoms with van der Waals surface area (Å²) in [5, 5.41) is 2.79. The lowest BCUT2D eigenvalue weighted by atomic mass is 10.1. The van der Waals surface area contributed by atoms with Crippen LogP contribution in [-0.4, -0.2) is 24.3 Å². The van der Waals surface area contributed by atoms with Crippen molar-refractivity contribution in [1.29, 1.82) is 0 Å². The molecule has 1 aliphatic heterocycles. The number of hydrogen-bond donors (Lipinski definition) is 2. The van der Waals surface area contributed by atoms with Crippen molar-refractivity contribution >= 4 is 45.0 Å². The van der Waals surface area contributed by atoms with Crippen molar-refractivity contribution in [3.8, 4) is 0 Å². The number of nitrogens with zero attached hydrogens (tertiary/aromatic N) is 1. The third-order valence-electron chi connectivity index (χ3n) is 4.39. The zero-order valence-electron chi connectivity index (χ0n) is 14.2. The number of carbonyl (C=O) groups is 3. The minimum atomic E-state index is -0.523. The van der Waals surface area contributed by atoms with Gasteiger partial charge in [0.2, 0.25) is 17.7 Å². The molecular formula is C19H18BrN3O3. The molecule has 1 heterocycles. The molecule has 7 heteroatoms. The third kappa shape index (κ3) is 3.77. The summed E-state index contributed by atoms with van der Waals surface area (Å²) in [5.41, 5.74) is 7.94. The molecule has 26 heavy (non-hydrogen) atoms. The quantitative estimate of drug-likeness (QED) is 0.803. The standard InChI is InChI=1S/C19H18BrN3O3/c1-11-8-15(6-7-16(11)20)23-10-13(9-17(23)24)19(26)22-14-4-2-12(3-5-14)18(21)25/h2-8,13H,9-10H2,1H3,(H2,21,25)(H,22,26)/t13-/m0/s1. The van der Waals surface area contributed by atoms with Crippen molar-refractivity contribution in [3.05, 3.63) is 58.1 Å². The van der Waals surface area contributed by atoms with Crippen LogP contribution in [0, 0.1) is 12.8 Å². The number of hydrogen-bond acceptors (Lipinski definition) is 3. The van der Waals surface area contributed by atoms with Crippen LogP contribution < -0.4 is 16.0 Å². The fourth-order valence-corrected chi connectivity index (χ4v) is 3.14. The number of anilines is 2. The number of rotatable bonds is 4. The van der Waals surface area contributed by atoms with Crippen molar-refractivity contribution in [2.24, 2.45) is 11.7 Å². The molecule has 0 aliphatic carbocycles. The van der Waals surface area contributed by atoms with E-state index in [1.165, 1.54) is 0 Å². The predicted octanol–water partition coefficient (Wildman–Crippen LogP) is 2.85. The lowest BCUT2D eigenvalue weighted by molar-refractivity contribution is -0.122. The van der Waals surface area contributed by atoms with Gasteiger partial charge in [0, 0.05) is 34.4 Å². The first-order valence-electron chi connectivity index (χ1n) is 8.12. The van der Waals surface area contributed by atoms with E-state index in [-0.39, 0.29) is 18.2 Å². The molecule has 0 aromatic heterocycles. The average Bonchev–Trinajstić information content (AvgIpc) is 3.00. The predicted molar refractivity (Wildman–Crippen MR) is 103 cm³/mol. The van der Waals surface area contributed by atoms with E-state index >= 15 is 0 Å². The maximum absolute atomic E-state index is 12.5. The lowest BCUT2D eigenvalue weighted by Crippen LogP contribution is -2.28. The molecule has 3 N–H and O–H groups in total. The van der Waals surface area contributed by atoms with E-state index in [0.29, 0.717) is 17.8 Å². The number of aryl methyl sites for hydroxylation is 1. The summed E-state index contributed by atoms with van der Waals surface area (Å²) in [7, 11) is 0. The molecule has 0 spiro atoms. The summed E-state index contributed by atoms with van der Waals surface area (Å²) in [6.07, 6.45) is 0.167. The van der Waals surface area contributed by atoms with Gasteiger partial charge in [0.15, 0.2) is 0 Å². The van der Waals surface area contributed by atoms with Crippen LogP contribution in [0.25, 0.3) is 0 Å². The van der Waals surface area contributed by atoms with Gasteiger partial charge in [0.25, 0.3) is 0 Å². The van der Waals surface area contributed by atoms with Gasteiger partial charge in [-0.05, 0) is 55.0 Å². The molecule has 1 aliphatic rings.